The van der Waals surface area contributed by atoms with Gasteiger partial charge in [0.05, 0.1) is 11.6 Å². The van der Waals surface area contributed by atoms with Crippen LogP contribution in [0, 0.1) is 6.92 Å². The molecular formula is C7H8N4S. The third-order valence-electron chi connectivity index (χ3n) is 1.45. The normalized spacial score (nSPS) is 10.4. The Hall–Kier alpha value is -1.23. The van der Waals surface area contributed by atoms with E-state index in [0.29, 0.717) is 0 Å². The van der Waals surface area contributed by atoms with E-state index >= 15 is 0 Å². The van der Waals surface area contributed by atoms with Gasteiger partial charge in [0.2, 0.25) is 0 Å². The third kappa shape index (κ3) is 1.50. The zero-order valence-electron chi connectivity index (χ0n) is 6.64. The lowest BCUT2D eigenvalue weighted by molar-refractivity contribution is 0.692. The maximum Gasteiger partial charge on any atom is 0.137 e. The highest BCUT2D eigenvalue weighted by Crippen LogP contribution is 2.11. The molecule has 2 aromatic rings. The van der Waals surface area contributed by atoms with Crippen molar-refractivity contribution in [3.63, 3.8) is 0 Å². The van der Waals surface area contributed by atoms with Gasteiger partial charge in [0.15, 0.2) is 0 Å². The molecule has 0 unspecified atom stereocenters. The van der Waals surface area contributed by atoms with E-state index in [1.54, 1.807) is 22.3 Å². The smallest absolute Gasteiger partial charge is 0.137 e. The number of aromatic nitrogens is 4. The van der Waals surface area contributed by atoms with Crippen LogP contribution in [0.5, 0.6) is 0 Å². The van der Waals surface area contributed by atoms with Crippen LogP contribution in [-0.4, -0.2) is 19.7 Å². The lowest BCUT2D eigenvalue weighted by Crippen LogP contribution is -1.97. The van der Waals surface area contributed by atoms with Crippen molar-refractivity contribution in [2.45, 2.75) is 13.5 Å². The SMILES string of the molecule is Cc1ncc(Cn2cncn2)s1. The van der Waals surface area contributed by atoms with Crippen LogP contribution in [0.15, 0.2) is 18.9 Å². The Morgan fingerprint density at radius 1 is 1.58 bits per heavy atom. The van der Waals surface area contributed by atoms with Crippen molar-refractivity contribution in [1.82, 2.24) is 19.7 Å². The highest BCUT2D eigenvalue weighted by molar-refractivity contribution is 7.11. The van der Waals surface area contributed by atoms with E-state index in [1.807, 2.05) is 13.1 Å². The molecule has 0 bridgehead atoms. The molecule has 0 N–H and O–H groups in total. The van der Waals surface area contributed by atoms with Gasteiger partial charge in [0, 0.05) is 11.1 Å². The largest absolute Gasteiger partial charge is 0.250 e. The first kappa shape index (κ1) is 7.42. The summed E-state index contributed by atoms with van der Waals surface area (Å²) in [7, 11) is 0. The minimum absolute atomic E-state index is 0.769. The summed E-state index contributed by atoms with van der Waals surface area (Å²) in [5.74, 6) is 0. The Kier molecular flexibility index (Phi) is 1.87. The highest BCUT2D eigenvalue weighted by atomic mass is 32.1. The molecule has 0 amide bonds. The third-order valence-corrected chi connectivity index (χ3v) is 2.35. The van der Waals surface area contributed by atoms with Gasteiger partial charge >= 0.3 is 0 Å². The molecule has 0 fully saturated rings. The average molecular weight is 180 g/mol. The van der Waals surface area contributed by atoms with Gasteiger partial charge < -0.3 is 0 Å². The van der Waals surface area contributed by atoms with E-state index in [1.165, 1.54) is 11.2 Å². The molecule has 0 aromatic carbocycles. The van der Waals surface area contributed by atoms with Gasteiger partial charge in [-0.15, -0.1) is 11.3 Å². The van der Waals surface area contributed by atoms with Crippen LogP contribution in [0.4, 0.5) is 0 Å². The maximum absolute atomic E-state index is 4.15. The highest BCUT2D eigenvalue weighted by Gasteiger charge is 1.98. The van der Waals surface area contributed by atoms with Gasteiger partial charge in [-0.25, -0.2) is 14.6 Å². The zero-order valence-corrected chi connectivity index (χ0v) is 7.45. The van der Waals surface area contributed by atoms with Crippen LogP contribution in [0.1, 0.15) is 9.88 Å². The lowest BCUT2D eigenvalue weighted by Gasteiger charge is -1.93. The summed E-state index contributed by atoms with van der Waals surface area (Å²) in [6.45, 7) is 2.76. The van der Waals surface area contributed by atoms with Crippen molar-refractivity contribution in [1.29, 1.82) is 0 Å². The fraction of sp³-hybridized carbons (Fsp3) is 0.286. The number of hydrogen-bond donors (Lipinski definition) is 0. The molecule has 2 heterocycles. The van der Waals surface area contributed by atoms with Crippen LogP contribution >= 0.6 is 11.3 Å². The standard InChI is InChI=1S/C7H8N4S/c1-6-9-2-7(12-6)3-11-5-8-4-10-11/h2,4-5H,3H2,1H3. The second-order valence-corrected chi connectivity index (χ2v) is 3.76. The van der Waals surface area contributed by atoms with E-state index in [2.05, 4.69) is 15.1 Å². The summed E-state index contributed by atoms with van der Waals surface area (Å²) in [5, 5.41) is 5.09. The summed E-state index contributed by atoms with van der Waals surface area (Å²) in [6, 6.07) is 0. The zero-order chi connectivity index (χ0) is 8.39. The summed E-state index contributed by atoms with van der Waals surface area (Å²) >= 11 is 1.69. The van der Waals surface area contributed by atoms with Crippen LogP contribution in [-0.2, 0) is 6.54 Å². The van der Waals surface area contributed by atoms with Gasteiger partial charge in [-0.1, -0.05) is 0 Å². The molecule has 2 rings (SSSR count). The quantitative estimate of drug-likeness (QED) is 0.695. The monoisotopic (exact) mass is 180 g/mol. The number of rotatable bonds is 2. The molecule has 0 atom stereocenters. The van der Waals surface area contributed by atoms with E-state index < -0.39 is 0 Å². The van der Waals surface area contributed by atoms with E-state index in [-0.39, 0.29) is 0 Å². The fourth-order valence-corrected chi connectivity index (χ4v) is 1.74. The van der Waals surface area contributed by atoms with Gasteiger partial charge in [-0.3, -0.25) is 0 Å². The molecule has 4 nitrogen and oxygen atoms in total. The van der Waals surface area contributed by atoms with E-state index in [0.717, 1.165) is 11.6 Å². The molecule has 0 saturated carbocycles. The first-order valence-corrected chi connectivity index (χ1v) is 4.40. The Morgan fingerprint density at radius 3 is 3.08 bits per heavy atom. The van der Waals surface area contributed by atoms with E-state index in [9.17, 15) is 0 Å². The predicted octanol–water partition coefficient (Wildman–Crippen LogP) is 1.09. The molecule has 62 valence electrons. The maximum atomic E-state index is 4.15. The van der Waals surface area contributed by atoms with Crippen LogP contribution in [0.3, 0.4) is 0 Å². The lowest BCUT2D eigenvalue weighted by atomic mass is 10.5. The summed E-state index contributed by atoms with van der Waals surface area (Å²) < 4.78 is 1.78. The van der Waals surface area contributed by atoms with E-state index in [4.69, 9.17) is 0 Å². The molecule has 5 heteroatoms. The second kappa shape index (κ2) is 3.02. The first-order chi connectivity index (χ1) is 5.84. The topological polar surface area (TPSA) is 43.6 Å². The molecule has 0 aliphatic carbocycles. The Labute approximate surface area is 73.9 Å². The number of nitrogens with zero attached hydrogens (tertiary/aromatic N) is 4. The number of aryl methyl sites for hydroxylation is 1. The van der Waals surface area contributed by atoms with Crippen molar-refractivity contribution >= 4 is 11.3 Å². The number of thiazole rings is 1. The van der Waals surface area contributed by atoms with Crippen LogP contribution in [0.25, 0.3) is 0 Å². The Balaban J connectivity index is 2.14. The number of hydrogen-bond acceptors (Lipinski definition) is 4. The molecule has 12 heavy (non-hydrogen) atoms. The molecule has 0 aliphatic rings. The van der Waals surface area contributed by atoms with Crippen molar-refractivity contribution in [3.8, 4) is 0 Å². The first-order valence-electron chi connectivity index (χ1n) is 3.58. The van der Waals surface area contributed by atoms with Gasteiger partial charge in [-0.2, -0.15) is 5.10 Å². The van der Waals surface area contributed by atoms with Crippen molar-refractivity contribution in [2.75, 3.05) is 0 Å². The molecule has 2 aromatic heterocycles. The van der Waals surface area contributed by atoms with Crippen molar-refractivity contribution in [3.05, 3.63) is 28.7 Å². The van der Waals surface area contributed by atoms with Crippen molar-refractivity contribution < 1.29 is 0 Å². The summed E-state index contributed by atoms with van der Waals surface area (Å²) in [6.07, 6.45) is 5.12. The summed E-state index contributed by atoms with van der Waals surface area (Å²) in [4.78, 5) is 9.22. The fourth-order valence-electron chi connectivity index (χ4n) is 0.952. The average Bonchev–Trinajstić information content (AvgIpc) is 2.63. The Bertz CT molecular complexity index is 351. The van der Waals surface area contributed by atoms with Crippen LogP contribution < -0.4 is 0 Å². The predicted molar refractivity (Wildman–Crippen MR) is 46.0 cm³/mol. The van der Waals surface area contributed by atoms with Crippen molar-refractivity contribution in [2.24, 2.45) is 0 Å². The second-order valence-electron chi connectivity index (χ2n) is 2.44. The minimum Gasteiger partial charge on any atom is -0.250 e. The molecule has 0 spiro atoms. The van der Waals surface area contributed by atoms with Gasteiger partial charge in [0.25, 0.3) is 0 Å². The van der Waals surface area contributed by atoms with Crippen LogP contribution in [0.2, 0.25) is 0 Å². The molecule has 0 radical (unpaired) electrons. The molecular weight excluding hydrogens is 172 g/mol. The molecule has 0 saturated heterocycles. The summed E-state index contributed by atoms with van der Waals surface area (Å²) in [5.41, 5.74) is 0. The van der Waals surface area contributed by atoms with Gasteiger partial charge in [0.1, 0.15) is 12.7 Å². The Morgan fingerprint density at radius 2 is 2.50 bits per heavy atom. The minimum atomic E-state index is 0.769. The molecule has 0 aliphatic heterocycles. The van der Waals surface area contributed by atoms with Gasteiger partial charge in [-0.05, 0) is 6.92 Å².